The highest BCUT2D eigenvalue weighted by molar-refractivity contribution is 6.08. The van der Waals surface area contributed by atoms with Crippen LogP contribution in [0.4, 0.5) is 8.78 Å². The van der Waals surface area contributed by atoms with Crippen molar-refractivity contribution in [2.45, 2.75) is 13.2 Å². The molecule has 1 aromatic carbocycles. The molecule has 0 heterocycles. The van der Waals surface area contributed by atoms with E-state index in [2.05, 4.69) is 0 Å². The van der Waals surface area contributed by atoms with E-state index in [0.29, 0.717) is 11.1 Å². The molecular weight excluding hydrogens is 145 g/mol. The first-order valence-corrected chi connectivity index (χ1v) is 3.29. The summed E-state index contributed by atoms with van der Waals surface area (Å²) in [6, 6.07) is 2.28. The van der Waals surface area contributed by atoms with Crippen molar-refractivity contribution in [2.75, 3.05) is 0 Å². The summed E-state index contributed by atoms with van der Waals surface area (Å²) in [6.45, 7) is 1.58. The van der Waals surface area contributed by atoms with Crippen molar-refractivity contribution in [3.05, 3.63) is 34.9 Å². The standard InChI is InChI=1S/C8H7BF2/c1-5-2-6(4-9)8(11)3-7(5)10/h2-3H,4H2,1H3. The van der Waals surface area contributed by atoms with E-state index < -0.39 is 11.6 Å². The summed E-state index contributed by atoms with van der Waals surface area (Å²) < 4.78 is 25.3. The van der Waals surface area contributed by atoms with E-state index in [1.807, 2.05) is 0 Å². The first-order valence-electron chi connectivity index (χ1n) is 3.29. The second-order valence-corrected chi connectivity index (χ2v) is 2.40. The van der Waals surface area contributed by atoms with Crippen LogP contribution in [-0.4, -0.2) is 7.85 Å². The monoisotopic (exact) mass is 152 g/mol. The van der Waals surface area contributed by atoms with Gasteiger partial charge in [0.15, 0.2) is 0 Å². The maximum atomic E-state index is 12.7. The zero-order valence-electron chi connectivity index (χ0n) is 6.20. The number of aryl methyl sites for hydroxylation is 1. The molecule has 0 bridgehead atoms. The van der Waals surface area contributed by atoms with Gasteiger partial charge in [-0.25, -0.2) is 8.78 Å². The number of rotatable bonds is 1. The van der Waals surface area contributed by atoms with Crippen molar-refractivity contribution in [3.63, 3.8) is 0 Å². The lowest BCUT2D eigenvalue weighted by Crippen LogP contribution is -1.94. The summed E-state index contributed by atoms with van der Waals surface area (Å²) in [5.74, 6) is -1.10. The predicted molar refractivity (Wildman–Crippen MR) is 40.6 cm³/mol. The summed E-state index contributed by atoms with van der Waals surface area (Å²) >= 11 is 0. The van der Waals surface area contributed by atoms with Gasteiger partial charge in [0, 0.05) is 6.07 Å². The van der Waals surface area contributed by atoms with Crippen molar-refractivity contribution in [1.29, 1.82) is 0 Å². The Hall–Kier alpha value is -0.855. The third-order valence-corrected chi connectivity index (χ3v) is 1.55. The zero-order chi connectivity index (χ0) is 8.43. The fourth-order valence-corrected chi connectivity index (χ4v) is 0.873. The van der Waals surface area contributed by atoms with E-state index >= 15 is 0 Å². The molecule has 0 aliphatic carbocycles. The highest BCUT2D eigenvalue weighted by atomic mass is 19.1. The van der Waals surface area contributed by atoms with Crippen LogP contribution in [0.15, 0.2) is 12.1 Å². The van der Waals surface area contributed by atoms with Gasteiger partial charge in [-0.1, -0.05) is 12.4 Å². The smallest absolute Gasteiger partial charge is 0.129 e. The second-order valence-electron chi connectivity index (χ2n) is 2.40. The Balaban J connectivity index is 3.21. The molecule has 0 saturated carbocycles. The lowest BCUT2D eigenvalue weighted by atomic mass is 9.95. The molecule has 3 heteroatoms. The van der Waals surface area contributed by atoms with Gasteiger partial charge in [0.05, 0.1) is 7.85 Å². The van der Waals surface area contributed by atoms with E-state index in [-0.39, 0.29) is 6.32 Å². The van der Waals surface area contributed by atoms with Crippen LogP contribution in [-0.2, 0) is 6.32 Å². The molecule has 0 saturated heterocycles. The Kier molecular flexibility index (Phi) is 2.27. The molecule has 0 amide bonds. The molecule has 0 spiro atoms. The van der Waals surface area contributed by atoms with Crippen LogP contribution in [0.2, 0.25) is 0 Å². The lowest BCUT2D eigenvalue weighted by Gasteiger charge is -2.01. The molecular formula is C8H7BF2. The van der Waals surface area contributed by atoms with Gasteiger partial charge in [-0.05, 0) is 18.1 Å². The van der Waals surface area contributed by atoms with Gasteiger partial charge >= 0.3 is 0 Å². The predicted octanol–water partition coefficient (Wildman–Crippen LogP) is 1.94. The van der Waals surface area contributed by atoms with E-state index in [1.165, 1.54) is 6.07 Å². The normalized spacial score (nSPS) is 10.1. The Morgan fingerprint density at radius 1 is 1.27 bits per heavy atom. The SMILES string of the molecule is [B]Cc1cc(C)c(F)cc1F. The molecule has 1 rings (SSSR count). The van der Waals surface area contributed by atoms with Crippen LogP contribution in [0.3, 0.4) is 0 Å². The highest BCUT2D eigenvalue weighted by Gasteiger charge is 2.04. The van der Waals surface area contributed by atoms with Gasteiger partial charge in [-0.15, -0.1) is 0 Å². The Morgan fingerprint density at radius 3 is 2.45 bits per heavy atom. The summed E-state index contributed by atoms with van der Waals surface area (Å²) in [5, 5.41) is 0. The largest absolute Gasteiger partial charge is 0.207 e. The minimum atomic E-state index is -0.574. The maximum absolute atomic E-state index is 12.7. The number of halogens is 2. The minimum absolute atomic E-state index is 0.104. The van der Waals surface area contributed by atoms with Gasteiger partial charge in [0.2, 0.25) is 0 Å². The number of hydrogen-bond acceptors (Lipinski definition) is 0. The molecule has 0 nitrogen and oxygen atoms in total. The van der Waals surface area contributed by atoms with E-state index in [1.54, 1.807) is 6.92 Å². The van der Waals surface area contributed by atoms with Gasteiger partial charge in [0.25, 0.3) is 0 Å². The molecule has 56 valence electrons. The second kappa shape index (κ2) is 3.03. The van der Waals surface area contributed by atoms with Gasteiger partial charge in [-0.3, -0.25) is 0 Å². The summed E-state index contributed by atoms with van der Waals surface area (Å²) in [6.07, 6.45) is 0.104. The molecule has 0 atom stereocenters. The fraction of sp³-hybridized carbons (Fsp3) is 0.250. The van der Waals surface area contributed by atoms with Crippen LogP contribution in [0.5, 0.6) is 0 Å². The van der Waals surface area contributed by atoms with Crippen molar-refractivity contribution in [2.24, 2.45) is 0 Å². The summed E-state index contributed by atoms with van der Waals surface area (Å²) in [4.78, 5) is 0. The fourth-order valence-electron chi connectivity index (χ4n) is 0.873. The average Bonchev–Trinajstić information content (AvgIpc) is 1.97. The molecule has 0 fully saturated rings. The Morgan fingerprint density at radius 2 is 1.91 bits per heavy atom. The van der Waals surface area contributed by atoms with E-state index in [4.69, 9.17) is 7.85 Å². The highest BCUT2D eigenvalue weighted by Crippen LogP contribution is 2.13. The summed E-state index contributed by atoms with van der Waals surface area (Å²) in [7, 11) is 5.21. The van der Waals surface area contributed by atoms with Crippen molar-refractivity contribution < 1.29 is 8.78 Å². The molecule has 0 aliphatic heterocycles. The third kappa shape index (κ3) is 1.59. The number of hydrogen-bond donors (Lipinski definition) is 0. The minimum Gasteiger partial charge on any atom is -0.207 e. The van der Waals surface area contributed by atoms with Crippen molar-refractivity contribution in [3.8, 4) is 0 Å². The van der Waals surface area contributed by atoms with Crippen molar-refractivity contribution in [1.82, 2.24) is 0 Å². The zero-order valence-corrected chi connectivity index (χ0v) is 6.20. The van der Waals surface area contributed by atoms with Gasteiger partial charge in [0.1, 0.15) is 11.6 Å². The number of benzene rings is 1. The van der Waals surface area contributed by atoms with Crippen LogP contribution in [0.25, 0.3) is 0 Å². The molecule has 0 N–H and O–H groups in total. The average molecular weight is 152 g/mol. The maximum Gasteiger partial charge on any atom is 0.129 e. The van der Waals surface area contributed by atoms with Crippen molar-refractivity contribution >= 4 is 7.85 Å². The third-order valence-electron chi connectivity index (χ3n) is 1.55. The lowest BCUT2D eigenvalue weighted by molar-refractivity contribution is 0.571. The molecule has 2 radical (unpaired) electrons. The Bertz CT molecular complexity index is 271. The van der Waals surface area contributed by atoms with Crippen LogP contribution in [0.1, 0.15) is 11.1 Å². The van der Waals surface area contributed by atoms with Crippen LogP contribution in [0, 0.1) is 18.6 Å². The van der Waals surface area contributed by atoms with Gasteiger partial charge in [-0.2, -0.15) is 0 Å². The molecule has 0 aromatic heterocycles. The molecule has 0 aliphatic rings. The first kappa shape index (κ1) is 8.24. The molecule has 1 aromatic rings. The quantitative estimate of drug-likeness (QED) is 0.539. The van der Waals surface area contributed by atoms with E-state index in [0.717, 1.165) is 6.07 Å². The summed E-state index contributed by atoms with van der Waals surface area (Å²) in [5.41, 5.74) is 0.774. The van der Waals surface area contributed by atoms with Crippen LogP contribution >= 0.6 is 0 Å². The Labute approximate surface area is 65.6 Å². The van der Waals surface area contributed by atoms with Gasteiger partial charge < -0.3 is 0 Å². The topological polar surface area (TPSA) is 0 Å². The van der Waals surface area contributed by atoms with E-state index in [9.17, 15) is 8.78 Å². The molecule has 11 heavy (non-hydrogen) atoms. The first-order chi connectivity index (χ1) is 5.15. The molecule has 0 unspecified atom stereocenters. The van der Waals surface area contributed by atoms with Crippen LogP contribution < -0.4 is 0 Å².